The van der Waals surface area contributed by atoms with Gasteiger partial charge >= 0.3 is 5.97 Å². The van der Waals surface area contributed by atoms with Crippen molar-refractivity contribution >= 4 is 11.9 Å². The van der Waals surface area contributed by atoms with Gasteiger partial charge in [-0.2, -0.15) is 4.98 Å². The number of hydrogen-bond donors (Lipinski definition) is 2. The number of rotatable bonds is 8. The molecule has 0 aliphatic heterocycles. The number of carbonyl (C=O) groups excluding carboxylic acids is 1. The van der Waals surface area contributed by atoms with Gasteiger partial charge in [0.25, 0.3) is 0 Å². The fourth-order valence-electron chi connectivity index (χ4n) is 2.39. The highest BCUT2D eigenvalue weighted by molar-refractivity contribution is 5.83. The number of nitrogens with zero attached hydrogens (tertiary/aromatic N) is 2. The van der Waals surface area contributed by atoms with Gasteiger partial charge in [-0.25, -0.2) is 9.18 Å². The minimum atomic E-state index is -1.06. The number of aryl methyl sites for hydroxylation is 2. The van der Waals surface area contributed by atoms with E-state index in [9.17, 15) is 14.0 Å². The zero-order chi connectivity index (χ0) is 19.3. The average Bonchev–Trinajstić information content (AvgIpc) is 3.03. The molecule has 2 N–H and O–H groups in total. The molecule has 140 valence electrons. The zero-order valence-electron chi connectivity index (χ0n) is 15.0. The molecule has 1 aromatic carbocycles. The summed E-state index contributed by atoms with van der Waals surface area (Å²) in [7, 11) is 0. The van der Waals surface area contributed by atoms with Crippen LogP contribution in [-0.4, -0.2) is 33.2 Å². The molecule has 0 spiro atoms. The minimum absolute atomic E-state index is 0.0196. The molecule has 2 rings (SSSR count). The highest BCUT2D eigenvalue weighted by atomic mass is 19.1. The first-order valence-corrected chi connectivity index (χ1v) is 8.37. The molecule has 7 nitrogen and oxygen atoms in total. The summed E-state index contributed by atoms with van der Waals surface area (Å²) >= 11 is 0. The predicted molar refractivity (Wildman–Crippen MR) is 91.8 cm³/mol. The summed E-state index contributed by atoms with van der Waals surface area (Å²) < 4.78 is 18.7. The Kier molecular flexibility index (Phi) is 6.43. The molecule has 1 amide bonds. The maximum Gasteiger partial charge on any atom is 0.326 e. The van der Waals surface area contributed by atoms with E-state index in [-0.39, 0.29) is 36.3 Å². The normalized spacial score (nSPS) is 12.2. The van der Waals surface area contributed by atoms with E-state index in [2.05, 4.69) is 15.5 Å². The summed E-state index contributed by atoms with van der Waals surface area (Å²) in [6.45, 7) is 5.43. The van der Waals surface area contributed by atoms with Crippen LogP contribution in [-0.2, 0) is 16.0 Å². The summed E-state index contributed by atoms with van der Waals surface area (Å²) in [4.78, 5) is 27.3. The molecule has 0 unspecified atom stereocenters. The van der Waals surface area contributed by atoms with E-state index < -0.39 is 17.9 Å². The number of halogens is 1. The standard InChI is InChI=1S/C18H22FN3O4/c1-10(2)8-14(18(24)25)20-15(23)6-7-16-21-17(22-26-16)12-5-4-11(3)13(19)9-12/h4-5,9-10,14H,6-8H2,1-3H3,(H,20,23)(H,24,25)/t14-/m1/s1. The highest BCUT2D eigenvalue weighted by Crippen LogP contribution is 2.19. The Morgan fingerprint density at radius 1 is 1.35 bits per heavy atom. The third kappa shape index (κ3) is 5.37. The molecule has 0 aliphatic rings. The molecule has 2 aromatic rings. The van der Waals surface area contributed by atoms with Crippen molar-refractivity contribution in [2.45, 2.75) is 46.1 Å². The molecule has 1 heterocycles. The molecule has 1 aromatic heterocycles. The van der Waals surface area contributed by atoms with Crippen LogP contribution in [0, 0.1) is 18.7 Å². The van der Waals surface area contributed by atoms with E-state index in [4.69, 9.17) is 9.63 Å². The van der Waals surface area contributed by atoms with Crippen LogP contribution in [0.15, 0.2) is 22.7 Å². The molecule has 0 saturated heterocycles. The van der Waals surface area contributed by atoms with Crippen molar-refractivity contribution in [1.29, 1.82) is 0 Å². The van der Waals surface area contributed by atoms with Crippen molar-refractivity contribution in [2.75, 3.05) is 0 Å². The van der Waals surface area contributed by atoms with E-state index in [1.807, 2.05) is 13.8 Å². The number of carboxylic acids is 1. The van der Waals surface area contributed by atoms with Gasteiger partial charge in [0.2, 0.25) is 17.6 Å². The Labute approximate surface area is 150 Å². The molecule has 0 aliphatic carbocycles. The third-order valence-electron chi connectivity index (χ3n) is 3.80. The summed E-state index contributed by atoms with van der Waals surface area (Å²) in [5, 5.41) is 15.4. The number of carboxylic acid groups (broad SMARTS) is 1. The van der Waals surface area contributed by atoms with Crippen LogP contribution >= 0.6 is 0 Å². The van der Waals surface area contributed by atoms with Crippen molar-refractivity contribution in [2.24, 2.45) is 5.92 Å². The lowest BCUT2D eigenvalue weighted by molar-refractivity contribution is -0.142. The number of nitrogens with one attached hydrogen (secondary N) is 1. The highest BCUT2D eigenvalue weighted by Gasteiger charge is 2.21. The van der Waals surface area contributed by atoms with Gasteiger partial charge in [0.15, 0.2) is 0 Å². The first kappa shape index (κ1) is 19.6. The Morgan fingerprint density at radius 3 is 2.69 bits per heavy atom. The maximum atomic E-state index is 13.6. The van der Waals surface area contributed by atoms with Crippen LogP contribution in [0.5, 0.6) is 0 Å². The van der Waals surface area contributed by atoms with E-state index in [1.54, 1.807) is 19.1 Å². The maximum absolute atomic E-state index is 13.6. The summed E-state index contributed by atoms with van der Waals surface area (Å²) in [5.74, 6) is -1.22. The second-order valence-electron chi connectivity index (χ2n) is 6.56. The van der Waals surface area contributed by atoms with Crippen molar-refractivity contribution in [3.05, 3.63) is 35.5 Å². The number of aliphatic carboxylic acids is 1. The zero-order valence-corrected chi connectivity index (χ0v) is 15.0. The largest absolute Gasteiger partial charge is 0.480 e. The Bertz CT molecular complexity index is 788. The van der Waals surface area contributed by atoms with Gasteiger partial charge in [0.1, 0.15) is 11.9 Å². The predicted octanol–water partition coefficient (Wildman–Crippen LogP) is 2.73. The van der Waals surface area contributed by atoms with Gasteiger partial charge in [-0.15, -0.1) is 0 Å². The quantitative estimate of drug-likeness (QED) is 0.747. The number of amides is 1. The second-order valence-corrected chi connectivity index (χ2v) is 6.56. The lowest BCUT2D eigenvalue weighted by Crippen LogP contribution is -2.41. The van der Waals surface area contributed by atoms with Gasteiger partial charge in [-0.1, -0.05) is 31.1 Å². The van der Waals surface area contributed by atoms with Gasteiger partial charge in [0.05, 0.1) is 0 Å². The van der Waals surface area contributed by atoms with E-state index >= 15 is 0 Å². The average molecular weight is 363 g/mol. The minimum Gasteiger partial charge on any atom is -0.480 e. The molecule has 0 saturated carbocycles. The Morgan fingerprint density at radius 2 is 2.08 bits per heavy atom. The van der Waals surface area contributed by atoms with Crippen molar-refractivity contribution < 1.29 is 23.6 Å². The van der Waals surface area contributed by atoms with Crippen LogP contribution in [0.25, 0.3) is 11.4 Å². The van der Waals surface area contributed by atoms with Crippen molar-refractivity contribution in [3.63, 3.8) is 0 Å². The molecule has 0 fully saturated rings. The fourth-order valence-corrected chi connectivity index (χ4v) is 2.39. The van der Waals surface area contributed by atoms with Gasteiger partial charge in [-0.3, -0.25) is 4.79 Å². The van der Waals surface area contributed by atoms with Gasteiger partial charge in [-0.05, 0) is 30.9 Å². The van der Waals surface area contributed by atoms with E-state index in [0.29, 0.717) is 17.5 Å². The molecule has 26 heavy (non-hydrogen) atoms. The lowest BCUT2D eigenvalue weighted by atomic mass is 10.0. The van der Waals surface area contributed by atoms with Crippen molar-refractivity contribution in [3.8, 4) is 11.4 Å². The summed E-state index contributed by atoms with van der Waals surface area (Å²) in [6, 6.07) is 3.70. The molecular weight excluding hydrogens is 341 g/mol. The van der Waals surface area contributed by atoms with Crippen LogP contribution in [0.3, 0.4) is 0 Å². The molecule has 0 radical (unpaired) electrons. The topological polar surface area (TPSA) is 105 Å². The number of aromatic nitrogens is 2. The van der Waals surface area contributed by atoms with Crippen LogP contribution < -0.4 is 5.32 Å². The van der Waals surface area contributed by atoms with Crippen molar-refractivity contribution in [1.82, 2.24) is 15.5 Å². The third-order valence-corrected chi connectivity index (χ3v) is 3.80. The van der Waals surface area contributed by atoms with Gasteiger partial charge in [0, 0.05) is 18.4 Å². The fraction of sp³-hybridized carbons (Fsp3) is 0.444. The molecule has 8 heteroatoms. The second kappa shape index (κ2) is 8.55. The van der Waals surface area contributed by atoms with Crippen LogP contribution in [0.4, 0.5) is 4.39 Å². The summed E-state index contributed by atoms with van der Waals surface area (Å²) in [5.41, 5.74) is 0.999. The first-order chi connectivity index (χ1) is 12.3. The molecule has 0 bridgehead atoms. The van der Waals surface area contributed by atoms with E-state index in [1.165, 1.54) is 6.07 Å². The number of hydrogen-bond acceptors (Lipinski definition) is 5. The Balaban J connectivity index is 1.93. The lowest BCUT2D eigenvalue weighted by Gasteiger charge is -2.16. The van der Waals surface area contributed by atoms with Crippen LogP contribution in [0.2, 0.25) is 0 Å². The smallest absolute Gasteiger partial charge is 0.326 e. The first-order valence-electron chi connectivity index (χ1n) is 8.37. The molecule has 1 atom stereocenters. The monoisotopic (exact) mass is 363 g/mol. The van der Waals surface area contributed by atoms with E-state index in [0.717, 1.165) is 0 Å². The van der Waals surface area contributed by atoms with Gasteiger partial charge < -0.3 is 14.9 Å². The Hall–Kier alpha value is -2.77. The molecular formula is C18H22FN3O4. The number of benzene rings is 1. The number of carbonyl (C=O) groups is 2. The van der Waals surface area contributed by atoms with Crippen LogP contribution in [0.1, 0.15) is 38.1 Å². The summed E-state index contributed by atoms with van der Waals surface area (Å²) in [6.07, 6.45) is 0.539. The SMILES string of the molecule is Cc1ccc(-c2noc(CCC(=O)N[C@H](CC(C)C)C(=O)O)n2)cc1F.